The van der Waals surface area contributed by atoms with E-state index in [1.54, 1.807) is 6.92 Å². The van der Waals surface area contributed by atoms with Crippen molar-refractivity contribution in [3.05, 3.63) is 35.3 Å². The van der Waals surface area contributed by atoms with Gasteiger partial charge in [-0.25, -0.2) is 14.8 Å². The standard InChI is InChI=1S/C21H25N9O2/c1-12-14(11-22)19(27-20(23)25-12)24-13(2)18-17(10-16-15(26-18)4-5-28(16)3)29-6-8-30(9-7-29)21(31)32/h4-5,10,13H,6-9H2,1-3H3,(H,31,32)(H3,23,24,25,27)/t13-/m0/s1. The molecule has 0 aromatic carbocycles. The van der Waals surface area contributed by atoms with E-state index in [2.05, 4.69) is 32.3 Å². The minimum atomic E-state index is -0.906. The second kappa shape index (κ2) is 8.22. The van der Waals surface area contributed by atoms with E-state index in [1.807, 2.05) is 30.8 Å². The third-order valence-electron chi connectivity index (χ3n) is 5.75. The molecule has 0 aliphatic carbocycles. The Bertz CT molecular complexity index is 1220. The normalized spacial score (nSPS) is 14.9. The highest BCUT2D eigenvalue weighted by molar-refractivity contribution is 5.81. The van der Waals surface area contributed by atoms with Crippen molar-refractivity contribution in [2.75, 3.05) is 42.1 Å². The Labute approximate surface area is 185 Å². The lowest BCUT2D eigenvalue weighted by atomic mass is 10.1. The van der Waals surface area contributed by atoms with Crippen LogP contribution in [0.4, 0.5) is 22.2 Å². The van der Waals surface area contributed by atoms with Crippen LogP contribution in [0.15, 0.2) is 18.3 Å². The van der Waals surface area contributed by atoms with Crippen LogP contribution in [0, 0.1) is 18.3 Å². The molecule has 0 radical (unpaired) electrons. The van der Waals surface area contributed by atoms with Gasteiger partial charge in [0.05, 0.1) is 34.2 Å². The first kappa shape index (κ1) is 21.2. The van der Waals surface area contributed by atoms with Crippen LogP contribution in [-0.2, 0) is 7.05 Å². The van der Waals surface area contributed by atoms with Gasteiger partial charge in [-0.2, -0.15) is 10.2 Å². The highest BCUT2D eigenvalue weighted by atomic mass is 16.4. The number of amides is 1. The average Bonchev–Trinajstić information content (AvgIpc) is 3.12. The van der Waals surface area contributed by atoms with E-state index in [4.69, 9.17) is 10.7 Å². The summed E-state index contributed by atoms with van der Waals surface area (Å²) in [5.74, 6) is 0.453. The summed E-state index contributed by atoms with van der Waals surface area (Å²) in [7, 11) is 1.96. The zero-order valence-electron chi connectivity index (χ0n) is 18.2. The van der Waals surface area contributed by atoms with E-state index >= 15 is 0 Å². The molecule has 1 amide bonds. The number of anilines is 3. The first-order valence-corrected chi connectivity index (χ1v) is 10.3. The number of carboxylic acid groups (broad SMARTS) is 1. The largest absolute Gasteiger partial charge is 0.465 e. The van der Waals surface area contributed by atoms with Crippen LogP contribution in [0.2, 0.25) is 0 Å². The van der Waals surface area contributed by atoms with Crippen LogP contribution in [0.3, 0.4) is 0 Å². The molecule has 11 heteroatoms. The Hall–Kier alpha value is -4.07. The number of nitrogens with two attached hydrogens (primary N) is 1. The zero-order chi connectivity index (χ0) is 23.0. The third-order valence-corrected chi connectivity index (χ3v) is 5.75. The lowest BCUT2D eigenvalue weighted by molar-refractivity contribution is 0.142. The third kappa shape index (κ3) is 3.82. The number of nitrogen functional groups attached to an aromatic ring is 1. The number of nitrogens with zero attached hydrogens (tertiary/aromatic N) is 7. The van der Waals surface area contributed by atoms with Crippen molar-refractivity contribution >= 4 is 34.6 Å². The van der Waals surface area contributed by atoms with E-state index in [-0.39, 0.29) is 12.0 Å². The van der Waals surface area contributed by atoms with Crippen molar-refractivity contribution in [1.82, 2.24) is 24.4 Å². The Morgan fingerprint density at radius 2 is 2.00 bits per heavy atom. The molecule has 0 unspecified atom stereocenters. The molecule has 11 nitrogen and oxygen atoms in total. The summed E-state index contributed by atoms with van der Waals surface area (Å²) in [6.45, 7) is 5.63. The summed E-state index contributed by atoms with van der Waals surface area (Å²) in [5.41, 5.74) is 10.2. The number of pyridine rings is 1. The van der Waals surface area contributed by atoms with Gasteiger partial charge in [0.2, 0.25) is 5.95 Å². The summed E-state index contributed by atoms with van der Waals surface area (Å²) in [4.78, 5) is 28.1. The second-order valence-electron chi connectivity index (χ2n) is 7.85. The van der Waals surface area contributed by atoms with Crippen molar-refractivity contribution in [3.8, 4) is 6.07 Å². The van der Waals surface area contributed by atoms with Gasteiger partial charge in [0.25, 0.3) is 0 Å². The van der Waals surface area contributed by atoms with Crippen molar-refractivity contribution in [3.63, 3.8) is 0 Å². The van der Waals surface area contributed by atoms with Gasteiger partial charge < -0.3 is 30.5 Å². The smallest absolute Gasteiger partial charge is 0.407 e. The fourth-order valence-electron chi connectivity index (χ4n) is 4.01. The Morgan fingerprint density at radius 1 is 1.28 bits per heavy atom. The highest BCUT2D eigenvalue weighted by Gasteiger charge is 2.26. The first-order valence-electron chi connectivity index (χ1n) is 10.3. The molecule has 1 saturated heterocycles. The number of fused-ring (bicyclic) bond motifs is 1. The van der Waals surface area contributed by atoms with Gasteiger partial charge in [-0.3, -0.25) is 0 Å². The Morgan fingerprint density at radius 3 is 2.66 bits per heavy atom. The molecule has 1 atom stereocenters. The average molecular weight is 435 g/mol. The molecule has 0 bridgehead atoms. The van der Waals surface area contributed by atoms with Gasteiger partial charge in [0.1, 0.15) is 17.5 Å². The van der Waals surface area contributed by atoms with Gasteiger partial charge in [-0.15, -0.1) is 0 Å². The fraction of sp³-hybridized carbons (Fsp3) is 0.381. The molecule has 0 saturated carbocycles. The van der Waals surface area contributed by atoms with Gasteiger partial charge in [0, 0.05) is 39.4 Å². The molecule has 4 rings (SSSR count). The summed E-state index contributed by atoms with van der Waals surface area (Å²) in [6.07, 6.45) is 1.05. The number of nitriles is 1. The molecule has 1 fully saturated rings. The van der Waals surface area contributed by atoms with E-state index in [1.165, 1.54) is 4.90 Å². The van der Waals surface area contributed by atoms with Crippen LogP contribution in [-0.4, -0.2) is 61.8 Å². The van der Waals surface area contributed by atoms with Crippen molar-refractivity contribution < 1.29 is 9.90 Å². The van der Waals surface area contributed by atoms with E-state index < -0.39 is 6.09 Å². The zero-order valence-corrected chi connectivity index (χ0v) is 18.2. The van der Waals surface area contributed by atoms with Gasteiger partial charge in [-0.05, 0) is 26.0 Å². The molecule has 1 aliphatic heterocycles. The number of nitrogens with one attached hydrogen (secondary N) is 1. The Kier molecular flexibility index (Phi) is 5.44. The minimum absolute atomic E-state index is 0.0905. The molecule has 1 aliphatic rings. The summed E-state index contributed by atoms with van der Waals surface area (Å²) >= 11 is 0. The first-order chi connectivity index (χ1) is 15.3. The second-order valence-corrected chi connectivity index (χ2v) is 7.85. The number of hydrogen-bond acceptors (Lipinski definition) is 8. The van der Waals surface area contributed by atoms with Gasteiger partial charge in [0.15, 0.2) is 0 Å². The number of aromatic nitrogens is 4. The van der Waals surface area contributed by atoms with E-state index in [9.17, 15) is 15.2 Å². The quantitative estimate of drug-likeness (QED) is 0.560. The summed E-state index contributed by atoms with van der Waals surface area (Å²) in [6, 6.07) is 5.87. The molecule has 4 heterocycles. The van der Waals surface area contributed by atoms with Gasteiger partial charge in [-0.1, -0.05) is 0 Å². The topological polar surface area (TPSA) is 149 Å². The number of rotatable bonds is 4. The predicted octanol–water partition coefficient (Wildman–Crippen LogP) is 2.10. The fourth-order valence-corrected chi connectivity index (χ4v) is 4.01. The van der Waals surface area contributed by atoms with Crippen LogP contribution in [0.1, 0.15) is 29.9 Å². The number of carbonyl (C=O) groups is 1. The maximum Gasteiger partial charge on any atom is 0.407 e. The number of aryl methyl sites for hydroxylation is 2. The molecule has 3 aromatic rings. The lowest BCUT2D eigenvalue weighted by Gasteiger charge is -2.36. The van der Waals surface area contributed by atoms with Crippen LogP contribution >= 0.6 is 0 Å². The summed E-state index contributed by atoms with van der Waals surface area (Å²) in [5, 5.41) is 22.1. The van der Waals surface area contributed by atoms with E-state index in [0.29, 0.717) is 43.3 Å². The molecular weight excluding hydrogens is 410 g/mol. The van der Waals surface area contributed by atoms with Crippen molar-refractivity contribution in [2.45, 2.75) is 19.9 Å². The van der Waals surface area contributed by atoms with Crippen molar-refractivity contribution in [2.24, 2.45) is 7.05 Å². The van der Waals surface area contributed by atoms with Crippen LogP contribution < -0.4 is 16.0 Å². The van der Waals surface area contributed by atoms with E-state index in [0.717, 1.165) is 22.4 Å². The molecular formula is C21H25N9O2. The molecule has 32 heavy (non-hydrogen) atoms. The molecule has 3 aromatic heterocycles. The van der Waals surface area contributed by atoms with Crippen molar-refractivity contribution in [1.29, 1.82) is 5.26 Å². The summed E-state index contributed by atoms with van der Waals surface area (Å²) < 4.78 is 2.00. The van der Waals surface area contributed by atoms with Crippen LogP contribution in [0.5, 0.6) is 0 Å². The maximum atomic E-state index is 11.3. The molecule has 166 valence electrons. The number of piperazine rings is 1. The van der Waals surface area contributed by atoms with Crippen LogP contribution in [0.25, 0.3) is 11.0 Å². The van der Waals surface area contributed by atoms with Gasteiger partial charge >= 0.3 is 6.09 Å². The monoisotopic (exact) mass is 435 g/mol. The lowest BCUT2D eigenvalue weighted by Crippen LogP contribution is -2.48. The number of hydrogen-bond donors (Lipinski definition) is 3. The maximum absolute atomic E-state index is 11.3. The molecule has 4 N–H and O–H groups in total. The SMILES string of the molecule is Cc1nc(N)nc(N[C@@H](C)c2nc3ccn(C)c3cc2N2CCN(C(=O)O)CC2)c1C#N. The molecule has 0 spiro atoms. The minimum Gasteiger partial charge on any atom is -0.465 e. The predicted molar refractivity (Wildman–Crippen MR) is 120 cm³/mol. The Balaban J connectivity index is 1.73. The highest BCUT2D eigenvalue weighted by Crippen LogP contribution is 2.32.